The van der Waals surface area contributed by atoms with Gasteiger partial charge in [-0.1, -0.05) is 79.8 Å². The Morgan fingerprint density at radius 2 is 1.68 bits per heavy atom. The van der Waals surface area contributed by atoms with Gasteiger partial charge in [0.2, 0.25) is 0 Å². The van der Waals surface area contributed by atoms with Crippen molar-refractivity contribution in [2.45, 2.75) is 32.0 Å². The zero-order valence-corrected chi connectivity index (χ0v) is 13.2. The lowest BCUT2D eigenvalue weighted by molar-refractivity contribution is 0.544. The minimum Gasteiger partial charge on any atom is -0.0808 e. The minimum atomic E-state index is -1.40. The van der Waals surface area contributed by atoms with Crippen molar-refractivity contribution in [1.29, 1.82) is 0 Å². The molecule has 4 unspecified atom stereocenters. The molecule has 100 valence electrons. The van der Waals surface area contributed by atoms with E-state index in [1.807, 2.05) is 0 Å². The van der Waals surface area contributed by atoms with Gasteiger partial charge in [0.25, 0.3) is 0 Å². The van der Waals surface area contributed by atoms with E-state index < -0.39 is 8.07 Å². The first kappa shape index (κ1) is 12.9. The van der Waals surface area contributed by atoms with Crippen LogP contribution in [0.15, 0.2) is 54.6 Å². The topological polar surface area (TPSA) is 0 Å². The van der Waals surface area contributed by atoms with Crippen molar-refractivity contribution in [3.8, 4) is 0 Å². The number of benzene rings is 1. The van der Waals surface area contributed by atoms with Crippen molar-refractivity contribution >= 4 is 13.3 Å². The van der Waals surface area contributed by atoms with E-state index in [1.165, 1.54) is 6.42 Å². The van der Waals surface area contributed by atoms with Crippen molar-refractivity contribution in [1.82, 2.24) is 0 Å². The second-order valence-electron chi connectivity index (χ2n) is 6.84. The first-order valence-electron chi connectivity index (χ1n) is 7.51. The fourth-order valence-corrected chi connectivity index (χ4v) is 8.82. The molecule has 0 aliphatic heterocycles. The Kier molecular flexibility index (Phi) is 3.26. The first-order valence-corrected chi connectivity index (χ1v) is 10.6. The molecule has 0 amide bonds. The highest BCUT2D eigenvalue weighted by Gasteiger charge is 2.48. The summed E-state index contributed by atoms with van der Waals surface area (Å²) in [6.45, 7) is 7.61. The Hall–Kier alpha value is -1.08. The van der Waals surface area contributed by atoms with Gasteiger partial charge in [0, 0.05) is 0 Å². The standard InChI is InChI=1S/C18H24Si/c1-14-13-15-9-7-8-12-17(15)18(14)19(2,3)16-10-5-4-6-11-16/h4-12,14-15,17-18H,13H2,1-3H3. The zero-order valence-electron chi connectivity index (χ0n) is 12.2. The molecule has 1 aromatic carbocycles. The maximum atomic E-state index is 2.57. The summed E-state index contributed by atoms with van der Waals surface area (Å²) in [5.74, 6) is 2.42. The molecule has 0 aromatic heterocycles. The van der Waals surface area contributed by atoms with Gasteiger partial charge in [0.1, 0.15) is 0 Å². The summed E-state index contributed by atoms with van der Waals surface area (Å²) < 4.78 is 0. The Bertz CT molecular complexity index is 498. The fraction of sp³-hybridized carbons (Fsp3) is 0.444. The van der Waals surface area contributed by atoms with Crippen molar-refractivity contribution in [2.75, 3.05) is 0 Å². The van der Waals surface area contributed by atoms with Crippen LogP contribution >= 0.6 is 0 Å². The van der Waals surface area contributed by atoms with Gasteiger partial charge in [-0.25, -0.2) is 0 Å². The fourth-order valence-electron chi connectivity index (χ4n) is 4.50. The third kappa shape index (κ3) is 2.14. The molecule has 1 aromatic rings. The second kappa shape index (κ2) is 4.79. The summed E-state index contributed by atoms with van der Waals surface area (Å²) in [5.41, 5.74) is 0.876. The minimum absolute atomic E-state index is 0.780. The van der Waals surface area contributed by atoms with E-state index in [2.05, 4.69) is 74.7 Å². The van der Waals surface area contributed by atoms with E-state index in [1.54, 1.807) is 5.19 Å². The van der Waals surface area contributed by atoms with E-state index in [4.69, 9.17) is 0 Å². The van der Waals surface area contributed by atoms with E-state index >= 15 is 0 Å². The normalized spacial score (nSPS) is 33.4. The predicted molar refractivity (Wildman–Crippen MR) is 86.3 cm³/mol. The largest absolute Gasteiger partial charge is 0.0845 e. The van der Waals surface area contributed by atoms with Crippen LogP contribution in [0.1, 0.15) is 13.3 Å². The van der Waals surface area contributed by atoms with Gasteiger partial charge in [-0.15, -0.1) is 0 Å². The Morgan fingerprint density at radius 3 is 2.42 bits per heavy atom. The van der Waals surface area contributed by atoms with Crippen molar-refractivity contribution in [3.63, 3.8) is 0 Å². The lowest BCUT2D eigenvalue weighted by Crippen LogP contribution is -2.48. The van der Waals surface area contributed by atoms with E-state index in [9.17, 15) is 0 Å². The molecule has 2 aliphatic carbocycles. The quantitative estimate of drug-likeness (QED) is 0.699. The zero-order chi connectivity index (χ0) is 13.5. The molecule has 0 heterocycles. The third-order valence-corrected chi connectivity index (χ3v) is 9.76. The van der Waals surface area contributed by atoms with Crippen molar-refractivity contribution in [2.24, 2.45) is 17.8 Å². The van der Waals surface area contributed by atoms with Crippen molar-refractivity contribution in [3.05, 3.63) is 54.6 Å². The molecule has 4 atom stereocenters. The van der Waals surface area contributed by atoms with E-state index in [-0.39, 0.29) is 0 Å². The lowest BCUT2D eigenvalue weighted by Gasteiger charge is -2.37. The molecule has 1 heteroatoms. The van der Waals surface area contributed by atoms with Crippen molar-refractivity contribution < 1.29 is 0 Å². The molecule has 1 fully saturated rings. The highest BCUT2D eigenvalue weighted by Crippen LogP contribution is 2.52. The van der Waals surface area contributed by atoms with Gasteiger partial charge >= 0.3 is 0 Å². The first-order chi connectivity index (χ1) is 9.10. The monoisotopic (exact) mass is 268 g/mol. The molecule has 0 spiro atoms. The molecule has 3 rings (SSSR count). The Morgan fingerprint density at radius 1 is 1.00 bits per heavy atom. The Labute approximate surface area is 118 Å². The predicted octanol–water partition coefficient (Wildman–Crippen LogP) is 4.37. The van der Waals surface area contributed by atoms with E-state index in [0.717, 1.165) is 23.3 Å². The highest BCUT2D eigenvalue weighted by atomic mass is 28.3. The molecule has 0 nitrogen and oxygen atoms in total. The van der Waals surface area contributed by atoms with Crippen LogP contribution in [0.3, 0.4) is 0 Å². The number of hydrogen-bond acceptors (Lipinski definition) is 0. The summed E-state index contributed by atoms with van der Waals surface area (Å²) in [7, 11) is -1.40. The average molecular weight is 268 g/mol. The summed E-state index contributed by atoms with van der Waals surface area (Å²) in [6.07, 6.45) is 10.8. The number of hydrogen-bond donors (Lipinski definition) is 0. The molecule has 0 N–H and O–H groups in total. The molecular weight excluding hydrogens is 244 g/mol. The highest BCUT2D eigenvalue weighted by molar-refractivity contribution is 6.91. The summed E-state index contributed by atoms with van der Waals surface area (Å²) in [6, 6.07) is 11.3. The van der Waals surface area contributed by atoms with Crippen LogP contribution in [-0.4, -0.2) is 8.07 Å². The summed E-state index contributed by atoms with van der Waals surface area (Å²) in [5, 5.41) is 1.62. The van der Waals surface area contributed by atoms with Crippen LogP contribution in [0.25, 0.3) is 0 Å². The van der Waals surface area contributed by atoms with Crippen LogP contribution in [0.2, 0.25) is 18.6 Å². The third-order valence-electron chi connectivity index (χ3n) is 5.32. The van der Waals surface area contributed by atoms with Crippen LogP contribution < -0.4 is 5.19 Å². The maximum absolute atomic E-state index is 2.57. The van der Waals surface area contributed by atoms with Crippen LogP contribution in [0, 0.1) is 17.8 Å². The van der Waals surface area contributed by atoms with Gasteiger partial charge in [-0.05, 0) is 29.7 Å². The van der Waals surface area contributed by atoms with Gasteiger partial charge in [-0.3, -0.25) is 0 Å². The molecule has 2 aliphatic rings. The second-order valence-corrected chi connectivity index (χ2v) is 11.5. The summed E-state index contributed by atoms with van der Waals surface area (Å²) >= 11 is 0. The Balaban J connectivity index is 1.96. The maximum Gasteiger partial charge on any atom is 0.0845 e. The molecule has 0 saturated heterocycles. The lowest BCUT2D eigenvalue weighted by atomic mass is 9.92. The van der Waals surface area contributed by atoms with Gasteiger partial charge in [-0.2, -0.15) is 0 Å². The molecule has 1 saturated carbocycles. The van der Waals surface area contributed by atoms with Crippen LogP contribution in [0.4, 0.5) is 0 Å². The number of fused-ring (bicyclic) bond motifs is 1. The smallest absolute Gasteiger partial charge is 0.0808 e. The number of rotatable bonds is 2. The summed E-state index contributed by atoms with van der Waals surface area (Å²) in [4.78, 5) is 0. The van der Waals surface area contributed by atoms with Gasteiger partial charge < -0.3 is 0 Å². The molecule has 0 radical (unpaired) electrons. The molecular formula is C18H24Si. The molecule has 0 bridgehead atoms. The van der Waals surface area contributed by atoms with Crippen LogP contribution in [0.5, 0.6) is 0 Å². The molecule has 19 heavy (non-hydrogen) atoms. The van der Waals surface area contributed by atoms with Gasteiger partial charge in [0.15, 0.2) is 0 Å². The average Bonchev–Trinajstić information content (AvgIpc) is 2.76. The van der Waals surface area contributed by atoms with Crippen LogP contribution in [-0.2, 0) is 0 Å². The van der Waals surface area contributed by atoms with E-state index in [0.29, 0.717) is 0 Å². The van der Waals surface area contributed by atoms with Gasteiger partial charge in [0.05, 0.1) is 8.07 Å². The number of allylic oxidation sites excluding steroid dienone is 4. The SMILES string of the molecule is CC1CC2C=CC=CC2C1[Si](C)(C)c1ccccc1.